The predicted molar refractivity (Wildman–Crippen MR) is 139 cm³/mol. The number of halogens is 1. The molecule has 0 aliphatic rings. The number of rotatable bonds is 8. The number of ether oxygens (including phenoxy) is 3. The molecule has 10 nitrogen and oxygen atoms in total. The minimum absolute atomic E-state index is 0.116. The van der Waals surface area contributed by atoms with Gasteiger partial charge in [-0.05, 0) is 48.5 Å². The second kappa shape index (κ2) is 10.3. The molecule has 192 valence electrons. The van der Waals surface area contributed by atoms with Gasteiger partial charge in [0.05, 0.1) is 32.2 Å². The summed E-state index contributed by atoms with van der Waals surface area (Å²) in [6.07, 6.45) is 0. The molecule has 0 spiro atoms. The fourth-order valence-corrected chi connectivity index (χ4v) is 4.12. The van der Waals surface area contributed by atoms with Gasteiger partial charge >= 0.3 is 0 Å². The molecule has 5 rings (SSSR count). The summed E-state index contributed by atoms with van der Waals surface area (Å²) in [5.74, 6) is 0.614. The van der Waals surface area contributed by atoms with E-state index in [9.17, 15) is 9.59 Å². The SMILES string of the molecule is COc1cc(C(=O)c2nc3ccccc3c(=O)n2Cc2nnc(-c3ccc(Cl)cc3)o2)cc(OC)c1OC. The van der Waals surface area contributed by atoms with Crippen LogP contribution in [0.1, 0.15) is 22.1 Å². The summed E-state index contributed by atoms with van der Waals surface area (Å²) in [4.78, 5) is 31.9. The molecule has 0 aliphatic heterocycles. The molecular formula is C27H21ClN4O6. The third kappa shape index (κ3) is 4.57. The molecule has 11 heteroatoms. The molecule has 5 aromatic rings. The van der Waals surface area contributed by atoms with Gasteiger partial charge in [0.15, 0.2) is 17.3 Å². The fraction of sp³-hybridized carbons (Fsp3) is 0.148. The van der Waals surface area contributed by atoms with Crippen LogP contribution in [-0.2, 0) is 6.54 Å². The lowest BCUT2D eigenvalue weighted by Gasteiger charge is -2.15. The molecule has 0 bridgehead atoms. The summed E-state index contributed by atoms with van der Waals surface area (Å²) in [5, 5.41) is 9.06. The summed E-state index contributed by atoms with van der Waals surface area (Å²) in [6.45, 7) is -0.178. The molecule has 38 heavy (non-hydrogen) atoms. The topological polar surface area (TPSA) is 119 Å². The second-order valence-electron chi connectivity index (χ2n) is 8.09. The number of benzene rings is 3. The number of fused-ring (bicyclic) bond motifs is 1. The van der Waals surface area contributed by atoms with Crippen LogP contribution in [0.3, 0.4) is 0 Å². The number of aromatic nitrogens is 4. The maximum absolute atomic E-state index is 13.8. The number of carbonyl (C=O) groups is 1. The number of nitrogens with zero attached hydrogens (tertiary/aromatic N) is 4. The molecule has 0 radical (unpaired) electrons. The Labute approximate surface area is 221 Å². The van der Waals surface area contributed by atoms with E-state index in [1.54, 1.807) is 48.5 Å². The molecule has 2 aromatic heterocycles. The summed E-state index contributed by atoms with van der Waals surface area (Å²) in [5.41, 5.74) is 0.781. The van der Waals surface area contributed by atoms with Crippen molar-refractivity contribution >= 4 is 28.3 Å². The Morgan fingerprint density at radius 2 is 1.63 bits per heavy atom. The normalized spacial score (nSPS) is 10.9. The fourth-order valence-electron chi connectivity index (χ4n) is 3.99. The smallest absolute Gasteiger partial charge is 0.262 e. The zero-order valence-electron chi connectivity index (χ0n) is 20.6. The highest BCUT2D eigenvalue weighted by atomic mass is 35.5. The highest BCUT2D eigenvalue weighted by Gasteiger charge is 2.24. The average Bonchev–Trinajstić information content (AvgIpc) is 3.42. The van der Waals surface area contributed by atoms with Gasteiger partial charge in [0, 0.05) is 16.1 Å². The highest BCUT2D eigenvalue weighted by molar-refractivity contribution is 6.30. The van der Waals surface area contributed by atoms with Crippen LogP contribution in [0, 0.1) is 0 Å². The lowest BCUT2D eigenvalue weighted by Crippen LogP contribution is -2.29. The van der Waals surface area contributed by atoms with E-state index in [0.717, 1.165) is 0 Å². The number of hydrogen-bond acceptors (Lipinski definition) is 9. The standard InChI is InChI=1S/C27H21ClN4O6/c1-35-20-12-16(13-21(36-2)24(20)37-3)23(33)25-29-19-7-5-4-6-18(19)27(34)32(25)14-22-30-31-26(38-22)15-8-10-17(28)11-9-15/h4-13H,14H2,1-3H3. The molecule has 0 atom stereocenters. The van der Waals surface area contributed by atoms with Crippen LogP contribution in [0.2, 0.25) is 5.02 Å². The Hall–Kier alpha value is -4.70. The third-order valence-corrected chi connectivity index (χ3v) is 6.10. The van der Waals surface area contributed by atoms with E-state index in [-0.39, 0.29) is 41.2 Å². The summed E-state index contributed by atoms with van der Waals surface area (Å²) < 4.78 is 23.2. The molecule has 0 unspecified atom stereocenters. The van der Waals surface area contributed by atoms with Crippen LogP contribution in [0.15, 0.2) is 69.9 Å². The predicted octanol–water partition coefficient (Wildman–Crippen LogP) is 4.41. The van der Waals surface area contributed by atoms with Crippen molar-refractivity contribution in [3.8, 4) is 28.7 Å². The van der Waals surface area contributed by atoms with E-state index in [2.05, 4.69) is 15.2 Å². The van der Waals surface area contributed by atoms with Crippen LogP contribution in [0.5, 0.6) is 17.2 Å². The Morgan fingerprint density at radius 1 is 0.947 bits per heavy atom. The van der Waals surface area contributed by atoms with Crippen molar-refractivity contribution in [2.24, 2.45) is 0 Å². The lowest BCUT2D eigenvalue weighted by molar-refractivity contribution is 0.102. The van der Waals surface area contributed by atoms with Gasteiger partial charge in [0.2, 0.25) is 23.3 Å². The average molecular weight is 533 g/mol. The van der Waals surface area contributed by atoms with Gasteiger partial charge in [-0.25, -0.2) is 4.98 Å². The van der Waals surface area contributed by atoms with Crippen LogP contribution in [0.25, 0.3) is 22.4 Å². The molecule has 0 N–H and O–H groups in total. The van der Waals surface area contributed by atoms with E-state index < -0.39 is 11.3 Å². The van der Waals surface area contributed by atoms with Gasteiger partial charge in [-0.15, -0.1) is 10.2 Å². The largest absolute Gasteiger partial charge is 0.493 e. The maximum Gasteiger partial charge on any atom is 0.262 e. The quantitative estimate of drug-likeness (QED) is 0.268. The number of methoxy groups -OCH3 is 3. The molecular weight excluding hydrogens is 512 g/mol. The van der Waals surface area contributed by atoms with E-state index >= 15 is 0 Å². The number of hydrogen-bond donors (Lipinski definition) is 0. The van der Waals surface area contributed by atoms with Crippen LogP contribution >= 0.6 is 11.6 Å². The number of carbonyl (C=O) groups excluding carboxylic acids is 1. The van der Waals surface area contributed by atoms with Crippen molar-refractivity contribution in [2.45, 2.75) is 6.54 Å². The van der Waals surface area contributed by atoms with Crippen LogP contribution in [0.4, 0.5) is 0 Å². The van der Waals surface area contributed by atoms with Gasteiger partial charge in [0.25, 0.3) is 5.56 Å². The molecule has 0 saturated carbocycles. The molecule has 0 fully saturated rings. The number of para-hydroxylation sites is 1. The van der Waals surface area contributed by atoms with Crippen molar-refractivity contribution in [2.75, 3.05) is 21.3 Å². The molecule has 2 heterocycles. The van der Waals surface area contributed by atoms with Gasteiger partial charge in [0.1, 0.15) is 6.54 Å². The van der Waals surface area contributed by atoms with E-state index in [1.807, 2.05) is 0 Å². The molecule has 0 aliphatic carbocycles. The van der Waals surface area contributed by atoms with Crippen molar-refractivity contribution in [1.29, 1.82) is 0 Å². The monoisotopic (exact) mass is 532 g/mol. The van der Waals surface area contributed by atoms with Crippen molar-refractivity contribution in [3.05, 3.63) is 93.3 Å². The minimum atomic E-state index is -0.537. The molecule has 3 aromatic carbocycles. The van der Waals surface area contributed by atoms with Gasteiger partial charge in [-0.1, -0.05) is 23.7 Å². The minimum Gasteiger partial charge on any atom is -0.493 e. The van der Waals surface area contributed by atoms with Crippen LogP contribution in [-0.4, -0.2) is 46.9 Å². The molecule has 0 saturated heterocycles. The van der Waals surface area contributed by atoms with E-state index in [0.29, 0.717) is 27.2 Å². The Bertz CT molecular complexity index is 1690. The van der Waals surface area contributed by atoms with Crippen LogP contribution < -0.4 is 19.8 Å². The molecule has 0 amide bonds. The first kappa shape index (κ1) is 25.0. The summed E-state index contributed by atoms with van der Waals surface area (Å²) in [6, 6.07) is 16.7. The lowest BCUT2D eigenvalue weighted by atomic mass is 10.1. The third-order valence-electron chi connectivity index (χ3n) is 5.84. The summed E-state index contributed by atoms with van der Waals surface area (Å²) >= 11 is 5.96. The van der Waals surface area contributed by atoms with Crippen molar-refractivity contribution < 1.29 is 23.4 Å². The van der Waals surface area contributed by atoms with Crippen molar-refractivity contribution in [3.63, 3.8) is 0 Å². The first-order valence-electron chi connectivity index (χ1n) is 11.4. The van der Waals surface area contributed by atoms with E-state index in [4.69, 9.17) is 30.2 Å². The van der Waals surface area contributed by atoms with Gasteiger partial charge in [-0.2, -0.15) is 0 Å². The zero-order chi connectivity index (χ0) is 26.8. The maximum atomic E-state index is 13.8. The zero-order valence-corrected chi connectivity index (χ0v) is 21.4. The van der Waals surface area contributed by atoms with E-state index in [1.165, 1.54) is 38.0 Å². The Balaban J connectivity index is 1.62. The Morgan fingerprint density at radius 3 is 2.29 bits per heavy atom. The Kier molecular flexibility index (Phi) is 6.80. The second-order valence-corrected chi connectivity index (χ2v) is 8.53. The summed E-state index contributed by atoms with van der Waals surface area (Å²) in [7, 11) is 4.36. The first-order valence-corrected chi connectivity index (χ1v) is 11.7. The van der Waals surface area contributed by atoms with Gasteiger partial charge < -0.3 is 18.6 Å². The van der Waals surface area contributed by atoms with Crippen molar-refractivity contribution in [1.82, 2.24) is 19.7 Å². The highest BCUT2D eigenvalue weighted by Crippen LogP contribution is 2.38. The van der Waals surface area contributed by atoms with Gasteiger partial charge in [-0.3, -0.25) is 14.2 Å². The first-order chi connectivity index (χ1) is 18.4. The number of ketones is 1.